The Morgan fingerprint density at radius 3 is 1.88 bits per heavy atom. The predicted molar refractivity (Wildman–Crippen MR) is 220 cm³/mol. The number of benzene rings is 2. The normalized spacial score (nSPS) is 28.3. The van der Waals surface area contributed by atoms with Gasteiger partial charge >= 0.3 is 0 Å². The molecule has 4 nitrogen and oxygen atoms in total. The van der Waals surface area contributed by atoms with E-state index in [1.807, 2.05) is 0 Å². The van der Waals surface area contributed by atoms with Crippen molar-refractivity contribution in [3.8, 4) is 0 Å². The average molecular weight is 731 g/mol. The van der Waals surface area contributed by atoms with Gasteiger partial charge in [0.25, 0.3) is 8.32 Å². The summed E-state index contributed by atoms with van der Waals surface area (Å²) in [6, 6.07) is 25.6. The van der Waals surface area contributed by atoms with Gasteiger partial charge in [0.2, 0.25) is 0 Å². The molecule has 7 atom stereocenters. The zero-order chi connectivity index (χ0) is 36.9. The van der Waals surface area contributed by atoms with Crippen LogP contribution in [0.15, 0.2) is 84.5 Å². The first-order valence-corrected chi connectivity index (χ1v) is 24.9. The van der Waals surface area contributed by atoms with Crippen LogP contribution in [0.4, 0.5) is 0 Å². The largest absolute Gasteiger partial charge is 0.413 e. The van der Waals surface area contributed by atoms with Gasteiger partial charge in [-0.25, -0.2) is 0 Å². The summed E-state index contributed by atoms with van der Waals surface area (Å²) >= 11 is 0. The molecule has 5 rings (SSSR count). The lowest BCUT2D eigenvalue weighted by molar-refractivity contribution is -0.302. The van der Waals surface area contributed by atoms with Crippen LogP contribution in [0.2, 0.25) is 23.2 Å². The number of ether oxygens (including phenoxy) is 2. The van der Waals surface area contributed by atoms with Crippen molar-refractivity contribution in [3.63, 3.8) is 0 Å². The maximum Gasteiger partial charge on any atom is 0.261 e. The fourth-order valence-corrected chi connectivity index (χ4v) is 17.2. The van der Waals surface area contributed by atoms with Crippen LogP contribution in [-0.4, -0.2) is 47.3 Å². The van der Waals surface area contributed by atoms with Gasteiger partial charge in [-0.2, -0.15) is 0 Å². The van der Waals surface area contributed by atoms with E-state index in [0.29, 0.717) is 36.4 Å². The molecule has 6 heteroatoms. The van der Waals surface area contributed by atoms with E-state index in [-0.39, 0.29) is 17.2 Å². The van der Waals surface area contributed by atoms with Gasteiger partial charge < -0.3 is 18.3 Å². The molecule has 1 saturated heterocycles. The van der Waals surface area contributed by atoms with Crippen molar-refractivity contribution in [2.24, 2.45) is 23.7 Å². The molecule has 2 aromatic rings. The van der Waals surface area contributed by atoms with Crippen molar-refractivity contribution < 1.29 is 18.3 Å². The van der Waals surface area contributed by atoms with Crippen molar-refractivity contribution >= 4 is 27.0 Å². The molecule has 0 amide bonds. The highest BCUT2D eigenvalue weighted by Crippen LogP contribution is 2.47. The maximum absolute atomic E-state index is 7.41. The molecular formula is C45H70O4Si2. The van der Waals surface area contributed by atoms with Gasteiger partial charge in [0.1, 0.15) is 0 Å². The molecule has 2 aromatic carbocycles. The van der Waals surface area contributed by atoms with Gasteiger partial charge in [0, 0.05) is 18.9 Å². The van der Waals surface area contributed by atoms with E-state index < -0.39 is 22.4 Å². The Morgan fingerprint density at radius 2 is 1.35 bits per heavy atom. The van der Waals surface area contributed by atoms with Crippen LogP contribution in [0.5, 0.6) is 0 Å². The first-order valence-electron chi connectivity index (χ1n) is 20.5. The predicted octanol–water partition coefficient (Wildman–Crippen LogP) is 10.8. The lowest BCUT2D eigenvalue weighted by Gasteiger charge is -2.47. The van der Waals surface area contributed by atoms with Crippen molar-refractivity contribution in [1.82, 2.24) is 0 Å². The lowest BCUT2D eigenvalue weighted by Crippen LogP contribution is -2.66. The van der Waals surface area contributed by atoms with E-state index in [4.69, 9.17) is 18.3 Å². The van der Waals surface area contributed by atoms with Crippen LogP contribution in [0, 0.1) is 23.7 Å². The van der Waals surface area contributed by atoms with Gasteiger partial charge in [0.05, 0.1) is 18.3 Å². The Labute approximate surface area is 314 Å². The SMILES string of the molecule is CC[C@H]1C=C2C=C[C@H](C)[C@H](CC[C@@H]3C[C@H](CCO[Si](c4ccccc4)(c4ccccc4)C(C)(C)C)OC(C)(C)O3)[C@H]2[C@@H](O[Si](CC)(CC)CC)C1. The summed E-state index contributed by atoms with van der Waals surface area (Å²) in [6.07, 6.45) is 14.4. The smallest absolute Gasteiger partial charge is 0.261 e. The van der Waals surface area contributed by atoms with Crippen LogP contribution in [0.25, 0.3) is 0 Å². The van der Waals surface area contributed by atoms with E-state index in [0.717, 1.165) is 25.7 Å². The average Bonchev–Trinajstić information content (AvgIpc) is 3.11. The van der Waals surface area contributed by atoms with Crippen LogP contribution in [0.1, 0.15) is 108 Å². The molecule has 2 aliphatic carbocycles. The second-order valence-corrected chi connectivity index (χ2v) is 26.4. The second kappa shape index (κ2) is 17.1. The minimum Gasteiger partial charge on any atom is -0.413 e. The van der Waals surface area contributed by atoms with Crippen LogP contribution in [0.3, 0.4) is 0 Å². The zero-order valence-electron chi connectivity index (χ0n) is 33.8. The summed E-state index contributed by atoms with van der Waals surface area (Å²) in [5.41, 5.74) is 1.54. The maximum atomic E-state index is 7.41. The molecule has 0 bridgehead atoms. The highest BCUT2D eigenvalue weighted by atomic mass is 28.4. The van der Waals surface area contributed by atoms with Crippen molar-refractivity contribution in [2.45, 2.75) is 155 Å². The van der Waals surface area contributed by atoms with E-state index >= 15 is 0 Å². The Bertz CT molecular complexity index is 1380. The molecule has 0 unspecified atom stereocenters. The summed E-state index contributed by atoms with van der Waals surface area (Å²) < 4.78 is 28.0. The summed E-state index contributed by atoms with van der Waals surface area (Å²) in [5.74, 6) is 1.57. The molecule has 0 saturated carbocycles. The zero-order valence-corrected chi connectivity index (χ0v) is 35.8. The Morgan fingerprint density at radius 1 is 0.784 bits per heavy atom. The number of fused-ring (bicyclic) bond motifs is 1. The molecule has 1 fully saturated rings. The quantitative estimate of drug-likeness (QED) is 0.171. The fraction of sp³-hybridized carbons (Fsp3) is 0.644. The Hall–Kier alpha value is -1.81. The van der Waals surface area contributed by atoms with Crippen LogP contribution >= 0.6 is 0 Å². The monoisotopic (exact) mass is 730 g/mol. The van der Waals surface area contributed by atoms with E-state index in [1.165, 1.54) is 41.3 Å². The molecule has 51 heavy (non-hydrogen) atoms. The molecular weight excluding hydrogens is 661 g/mol. The van der Waals surface area contributed by atoms with Crippen LogP contribution < -0.4 is 10.4 Å². The van der Waals surface area contributed by atoms with Crippen molar-refractivity contribution in [1.29, 1.82) is 0 Å². The minimum absolute atomic E-state index is 0.0438. The molecule has 0 aromatic heterocycles. The molecule has 0 N–H and O–H groups in total. The van der Waals surface area contributed by atoms with E-state index in [2.05, 4.69) is 148 Å². The molecule has 1 aliphatic heterocycles. The summed E-state index contributed by atoms with van der Waals surface area (Å²) in [5, 5.41) is 2.61. The third-order valence-corrected chi connectivity index (χ3v) is 22.5. The third kappa shape index (κ3) is 9.12. The number of rotatable bonds is 15. The lowest BCUT2D eigenvalue weighted by atomic mass is 9.65. The molecule has 0 spiro atoms. The van der Waals surface area contributed by atoms with Gasteiger partial charge in [-0.05, 0) is 103 Å². The Balaban J connectivity index is 1.31. The molecule has 282 valence electrons. The fourth-order valence-electron chi connectivity index (χ4n) is 9.76. The van der Waals surface area contributed by atoms with Gasteiger partial charge in [-0.1, -0.05) is 134 Å². The van der Waals surface area contributed by atoms with Gasteiger partial charge in [0.15, 0.2) is 14.1 Å². The number of allylic oxidation sites excluding steroid dienone is 3. The number of hydrogen-bond donors (Lipinski definition) is 0. The first kappa shape index (κ1) is 40.4. The Kier molecular flexibility index (Phi) is 13.6. The van der Waals surface area contributed by atoms with Gasteiger partial charge in [-0.3, -0.25) is 0 Å². The highest BCUT2D eigenvalue weighted by molar-refractivity contribution is 6.99. The second-order valence-electron chi connectivity index (χ2n) is 17.4. The molecule has 1 heterocycles. The van der Waals surface area contributed by atoms with Crippen LogP contribution in [-0.2, 0) is 18.3 Å². The summed E-state index contributed by atoms with van der Waals surface area (Å²) in [6.45, 7) is 23.8. The van der Waals surface area contributed by atoms with Crippen molar-refractivity contribution in [3.05, 3.63) is 84.5 Å². The summed E-state index contributed by atoms with van der Waals surface area (Å²) in [7, 11) is -4.34. The van der Waals surface area contributed by atoms with E-state index in [1.54, 1.807) is 5.57 Å². The summed E-state index contributed by atoms with van der Waals surface area (Å²) in [4.78, 5) is 0. The molecule has 0 radical (unpaired) electrons. The highest BCUT2D eigenvalue weighted by Gasteiger charge is 2.50. The standard InChI is InChI=1S/C45H70O4Si2/c1-11-35-31-36-26-25-34(5)41(43(36)42(32-35)49-50(12-2,13-3)14-4)28-27-37-33-38(48-45(9,10)47-37)29-30-46-51(44(6,7)8,39-21-17-15-18-22-39)40-23-19-16-20-24-40/h15-26,31,34-35,37-38,41-43H,11-14,27-30,32-33H2,1-10H3/t34-,35-,37+,38-,41-,42-,43-/m0/s1. The van der Waals surface area contributed by atoms with Crippen molar-refractivity contribution in [2.75, 3.05) is 6.61 Å². The number of hydrogen-bond acceptors (Lipinski definition) is 4. The van der Waals surface area contributed by atoms with E-state index in [9.17, 15) is 0 Å². The molecule has 3 aliphatic rings. The topological polar surface area (TPSA) is 36.9 Å². The third-order valence-electron chi connectivity index (χ3n) is 12.8. The first-order chi connectivity index (χ1) is 24.3. The van der Waals surface area contributed by atoms with Gasteiger partial charge in [-0.15, -0.1) is 0 Å². The minimum atomic E-state index is -2.60.